The largest absolute Gasteiger partial charge is 0.478 e. The summed E-state index contributed by atoms with van der Waals surface area (Å²) in [4.78, 5) is 12.8. The van der Waals surface area contributed by atoms with E-state index in [0.29, 0.717) is 46.2 Å². The van der Waals surface area contributed by atoms with Gasteiger partial charge in [-0.2, -0.15) is 18.2 Å². The van der Waals surface area contributed by atoms with Gasteiger partial charge in [-0.15, -0.1) is 0 Å². The lowest BCUT2D eigenvalue weighted by atomic mass is 10.1. The van der Waals surface area contributed by atoms with Crippen LogP contribution in [0.3, 0.4) is 0 Å². The zero-order valence-corrected chi connectivity index (χ0v) is 19.9. The Morgan fingerprint density at radius 3 is 2.50 bits per heavy atom. The predicted molar refractivity (Wildman–Crippen MR) is 125 cm³/mol. The third-order valence-corrected chi connectivity index (χ3v) is 6.08. The third-order valence-electron chi connectivity index (χ3n) is 6.08. The number of anilines is 2. The van der Waals surface area contributed by atoms with E-state index in [1.165, 1.54) is 0 Å². The first-order valence-corrected chi connectivity index (χ1v) is 11.5. The summed E-state index contributed by atoms with van der Waals surface area (Å²) in [5, 5.41) is 36.1. The summed E-state index contributed by atoms with van der Waals surface area (Å²) >= 11 is 0. The molecule has 196 valence electrons. The van der Waals surface area contributed by atoms with E-state index in [9.17, 15) is 28.5 Å². The van der Waals surface area contributed by atoms with Gasteiger partial charge in [0.2, 0.25) is 11.8 Å². The molecule has 0 amide bonds. The molecular formula is C23H28F3N5O5. The molecule has 4 rings (SSSR count). The van der Waals surface area contributed by atoms with Gasteiger partial charge in [0.05, 0.1) is 35.7 Å². The number of rotatable bonds is 8. The number of aromatic nitrogens is 3. The molecule has 0 unspecified atom stereocenters. The number of halogens is 3. The number of furan rings is 1. The number of nitrogens with zero attached hydrogens (tertiary/aromatic N) is 3. The number of aryl methyl sites for hydroxylation is 2. The van der Waals surface area contributed by atoms with Gasteiger partial charge in [-0.25, -0.2) is 9.97 Å². The predicted octanol–water partition coefficient (Wildman–Crippen LogP) is 2.79. The van der Waals surface area contributed by atoms with Crippen LogP contribution in [0.4, 0.5) is 24.9 Å². The van der Waals surface area contributed by atoms with Gasteiger partial charge in [0.25, 0.3) is 0 Å². The molecule has 5 N–H and O–H groups in total. The molecule has 1 aliphatic carbocycles. The smallest absolute Gasteiger partial charge is 0.405 e. The van der Waals surface area contributed by atoms with Crippen LogP contribution in [0.1, 0.15) is 24.7 Å². The number of pyridine rings is 1. The highest BCUT2D eigenvalue weighted by atomic mass is 19.4. The maximum absolute atomic E-state index is 12.8. The number of nitrogens with one attached hydrogen (secondary N) is 2. The molecule has 10 nitrogen and oxygen atoms in total. The van der Waals surface area contributed by atoms with E-state index in [1.54, 1.807) is 26.0 Å². The molecule has 4 atom stereocenters. The number of hydrogen-bond donors (Lipinski definition) is 5. The second-order valence-electron chi connectivity index (χ2n) is 8.74. The molecule has 0 bridgehead atoms. The van der Waals surface area contributed by atoms with Crippen molar-refractivity contribution >= 4 is 22.7 Å². The van der Waals surface area contributed by atoms with Crippen molar-refractivity contribution in [3.8, 4) is 17.2 Å². The standard InChI is InChI=1S/C23H28F3N5O5/c1-4-35-16-7-12-6-15(36-20(12)11(3)28-16)17-10(2)29-22(27-9-23(24,25)26)31-21(17)30-14-5-13(8-32)18(33)19(14)34/h6-7,13-14,18-19,32-34H,4-5,8-9H2,1-3H3,(H2,27,29,30,31)/t13-,14-,18-,19+/m1/s1. The van der Waals surface area contributed by atoms with E-state index in [2.05, 4.69) is 25.6 Å². The van der Waals surface area contributed by atoms with E-state index in [-0.39, 0.29) is 24.8 Å². The number of hydrogen-bond acceptors (Lipinski definition) is 10. The lowest BCUT2D eigenvalue weighted by Gasteiger charge is -2.21. The summed E-state index contributed by atoms with van der Waals surface area (Å²) in [6.45, 7) is 3.96. The lowest BCUT2D eigenvalue weighted by molar-refractivity contribution is -0.115. The maximum atomic E-state index is 12.8. The molecule has 1 fully saturated rings. The Labute approximate surface area is 204 Å². The molecule has 0 saturated heterocycles. The Morgan fingerprint density at radius 2 is 1.86 bits per heavy atom. The van der Waals surface area contributed by atoms with Gasteiger partial charge >= 0.3 is 6.18 Å². The van der Waals surface area contributed by atoms with Crippen LogP contribution in [-0.4, -0.2) is 74.5 Å². The van der Waals surface area contributed by atoms with Crippen LogP contribution in [0, 0.1) is 19.8 Å². The first-order valence-electron chi connectivity index (χ1n) is 11.5. The second kappa shape index (κ2) is 10.1. The number of aliphatic hydroxyl groups is 3. The minimum atomic E-state index is -4.48. The van der Waals surface area contributed by atoms with Crippen molar-refractivity contribution in [3.05, 3.63) is 23.5 Å². The number of ether oxygens (including phenoxy) is 1. The van der Waals surface area contributed by atoms with Gasteiger partial charge in [-0.3, -0.25) is 0 Å². The molecular weight excluding hydrogens is 483 g/mol. The molecule has 0 spiro atoms. The highest BCUT2D eigenvalue weighted by Gasteiger charge is 2.41. The summed E-state index contributed by atoms with van der Waals surface area (Å²) in [6, 6.07) is 2.71. The minimum absolute atomic E-state index is 0.108. The Morgan fingerprint density at radius 1 is 1.11 bits per heavy atom. The first kappa shape index (κ1) is 25.9. The lowest BCUT2D eigenvalue weighted by Crippen LogP contribution is -2.36. The fourth-order valence-electron chi connectivity index (χ4n) is 4.38. The van der Waals surface area contributed by atoms with Crippen LogP contribution in [0.2, 0.25) is 0 Å². The topological polar surface area (TPSA) is 146 Å². The van der Waals surface area contributed by atoms with Crippen molar-refractivity contribution in [3.63, 3.8) is 0 Å². The first-order chi connectivity index (χ1) is 17.0. The van der Waals surface area contributed by atoms with Crippen LogP contribution < -0.4 is 15.4 Å². The monoisotopic (exact) mass is 511 g/mol. The summed E-state index contributed by atoms with van der Waals surface area (Å²) in [7, 11) is 0. The zero-order valence-electron chi connectivity index (χ0n) is 19.9. The van der Waals surface area contributed by atoms with E-state index >= 15 is 0 Å². The highest BCUT2D eigenvalue weighted by Crippen LogP contribution is 2.38. The normalized spacial score (nSPS) is 22.2. The fraction of sp³-hybridized carbons (Fsp3) is 0.522. The van der Waals surface area contributed by atoms with Crippen molar-refractivity contribution in [2.24, 2.45) is 5.92 Å². The maximum Gasteiger partial charge on any atom is 0.405 e. The number of aliphatic hydroxyl groups excluding tert-OH is 3. The third kappa shape index (κ3) is 5.32. The van der Waals surface area contributed by atoms with Gasteiger partial charge in [0, 0.05) is 24.0 Å². The molecule has 3 aromatic rings. The van der Waals surface area contributed by atoms with E-state index in [1.807, 2.05) is 6.92 Å². The Bertz CT molecular complexity index is 1240. The van der Waals surface area contributed by atoms with Gasteiger partial charge in [-0.05, 0) is 33.3 Å². The van der Waals surface area contributed by atoms with Crippen LogP contribution in [0.25, 0.3) is 22.3 Å². The number of alkyl halides is 3. The fourth-order valence-corrected chi connectivity index (χ4v) is 4.38. The van der Waals surface area contributed by atoms with Crippen LogP contribution >= 0.6 is 0 Å². The molecule has 0 aromatic carbocycles. The van der Waals surface area contributed by atoms with Crippen LogP contribution in [0.5, 0.6) is 5.88 Å². The molecule has 1 saturated carbocycles. The van der Waals surface area contributed by atoms with Gasteiger partial charge < -0.3 is 35.1 Å². The summed E-state index contributed by atoms with van der Waals surface area (Å²) < 4.78 is 49.9. The van der Waals surface area contributed by atoms with Gasteiger partial charge in [-0.1, -0.05) is 0 Å². The van der Waals surface area contributed by atoms with E-state index in [4.69, 9.17) is 9.15 Å². The van der Waals surface area contributed by atoms with E-state index in [0.717, 1.165) is 0 Å². The SMILES string of the molecule is CCOc1cc2cc(-c3c(C)nc(NCC(F)(F)F)nc3N[C@@H]3C[C@H](CO)[C@@H](O)[C@H]3O)oc2c(C)n1. The van der Waals surface area contributed by atoms with Gasteiger partial charge in [0.15, 0.2) is 5.58 Å². The Kier molecular flexibility index (Phi) is 7.25. The molecule has 3 heterocycles. The van der Waals surface area contributed by atoms with Crippen molar-refractivity contribution < 1.29 is 37.6 Å². The molecule has 36 heavy (non-hydrogen) atoms. The second-order valence-corrected chi connectivity index (χ2v) is 8.74. The summed E-state index contributed by atoms with van der Waals surface area (Å²) in [5.41, 5.74) is 1.77. The van der Waals surface area contributed by atoms with Gasteiger partial charge in [0.1, 0.15) is 24.2 Å². The quantitative estimate of drug-likeness (QED) is 0.306. The van der Waals surface area contributed by atoms with Crippen molar-refractivity contribution in [2.45, 2.75) is 51.6 Å². The molecule has 13 heteroatoms. The van der Waals surface area contributed by atoms with Crippen LogP contribution in [-0.2, 0) is 0 Å². The Hall–Kier alpha value is -3.16. The molecule has 3 aromatic heterocycles. The van der Waals surface area contributed by atoms with Crippen molar-refractivity contribution in [2.75, 3.05) is 30.4 Å². The molecule has 0 radical (unpaired) electrons. The van der Waals surface area contributed by atoms with Crippen molar-refractivity contribution in [1.29, 1.82) is 0 Å². The minimum Gasteiger partial charge on any atom is -0.478 e. The average molecular weight is 512 g/mol. The highest BCUT2D eigenvalue weighted by molar-refractivity contribution is 5.88. The summed E-state index contributed by atoms with van der Waals surface area (Å²) in [6.07, 6.45) is -6.66. The number of fused-ring (bicyclic) bond motifs is 1. The van der Waals surface area contributed by atoms with Crippen LogP contribution in [0.15, 0.2) is 16.5 Å². The van der Waals surface area contributed by atoms with E-state index < -0.39 is 36.9 Å². The average Bonchev–Trinajstić information content (AvgIpc) is 3.34. The molecule has 1 aliphatic rings. The Balaban J connectivity index is 1.78. The zero-order chi connectivity index (χ0) is 26.2. The molecule has 0 aliphatic heterocycles. The van der Waals surface area contributed by atoms with Crippen molar-refractivity contribution in [1.82, 2.24) is 15.0 Å². The summed E-state index contributed by atoms with van der Waals surface area (Å²) in [5.74, 6) is 0.0272.